The van der Waals surface area contributed by atoms with E-state index in [1.807, 2.05) is 0 Å². The van der Waals surface area contributed by atoms with Gasteiger partial charge in [-0.05, 0) is 64.3 Å². The van der Waals surface area contributed by atoms with Gasteiger partial charge in [0.1, 0.15) is 11.6 Å². The Bertz CT molecular complexity index is 638. The number of halogens is 3. The second-order valence-electron chi connectivity index (χ2n) is 4.29. The van der Waals surface area contributed by atoms with Crippen molar-refractivity contribution in [3.05, 3.63) is 69.2 Å². The third-order valence-corrected chi connectivity index (χ3v) is 3.54. The molecule has 2 aromatic rings. The molecule has 0 spiro atoms. The van der Waals surface area contributed by atoms with Gasteiger partial charge in [-0.2, -0.15) is 0 Å². The van der Waals surface area contributed by atoms with Crippen LogP contribution in [0.4, 0.5) is 8.78 Å². The number of Topliss-reactive ketones (excluding diaryl/α,β-unsaturated/α-hetero) is 1. The number of hydrogen-bond acceptors (Lipinski definition) is 1. The highest BCUT2D eigenvalue weighted by Crippen LogP contribution is 2.21. The summed E-state index contributed by atoms with van der Waals surface area (Å²) >= 11 is 3.17. The Hall–Kier alpha value is -1.55. The molecule has 0 atom stereocenters. The lowest BCUT2D eigenvalue weighted by Gasteiger charge is -2.07. The summed E-state index contributed by atoms with van der Waals surface area (Å²) in [5.41, 5.74) is 1.92. The second kappa shape index (κ2) is 5.61. The largest absolute Gasteiger partial charge is 0.294 e. The number of carbonyl (C=O) groups excluding carboxylic acids is 1. The maximum absolute atomic E-state index is 13.0. The van der Waals surface area contributed by atoms with E-state index in [1.165, 1.54) is 30.3 Å². The summed E-state index contributed by atoms with van der Waals surface area (Å²) < 4.78 is 26.4. The van der Waals surface area contributed by atoms with Crippen molar-refractivity contribution in [1.82, 2.24) is 0 Å². The van der Waals surface area contributed by atoms with E-state index >= 15 is 0 Å². The van der Waals surface area contributed by atoms with Gasteiger partial charge >= 0.3 is 0 Å². The highest BCUT2D eigenvalue weighted by atomic mass is 79.9. The zero-order chi connectivity index (χ0) is 14.0. The minimum Gasteiger partial charge on any atom is -0.294 e. The van der Waals surface area contributed by atoms with Crippen molar-refractivity contribution in [2.45, 2.75) is 13.3 Å². The Morgan fingerprint density at radius 1 is 1.11 bits per heavy atom. The predicted molar refractivity (Wildman–Crippen MR) is 73.3 cm³/mol. The molecule has 0 saturated heterocycles. The lowest BCUT2D eigenvalue weighted by Crippen LogP contribution is -2.06. The monoisotopic (exact) mass is 324 g/mol. The summed E-state index contributed by atoms with van der Waals surface area (Å²) in [5, 5.41) is 0. The lowest BCUT2D eigenvalue weighted by molar-refractivity contribution is 0.0992. The SMILES string of the molecule is Cc1cc(F)ccc1CC(=O)c1ccc(F)cc1Br. The second-order valence-corrected chi connectivity index (χ2v) is 5.15. The molecule has 4 heteroatoms. The van der Waals surface area contributed by atoms with Gasteiger partial charge in [0, 0.05) is 16.5 Å². The molecule has 0 heterocycles. The van der Waals surface area contributed by atoms with Crippen LogP contribution >= 0.6 is 15.9 Å². The summed E-state index contributed by atoms with van der Waals surface area (Å²) in [7, 11) is 0. The van der Waals surface area contributed by atoms with Crippen LogP contribution in [0.15, 0.2) is 40.9 Å². The van der Waals surface area contributed by atoms with Gasteiger partial charge in [0.15, 0.2) is 5.78 Å². The van der Waals surface area contributed by atoms with E-state index in [0.717, 1.165) is 11.1 Å². The molecule has 2 aromatic carbocycles. The first-order valence-electron chi connectivity index (χ1n) is 5.70. The van der Waals surface area contributed by atoms with Crippen LogP contribution < -0.4 is 0 Å². The fourth-order valence-corrected chi connectivity index (χ4v) is 2.41. The fourth-order valence-electron chi connectivity index (χ4n) is 1.84. The van der Waals surface area contributed by atoms with Crippen LogP contribution in [0.1, 0.15) is 21.5 Å². The van der Waals surface area contributed by atoms with Crippen molar-refractivity contribution in [2.75, 3.05) is 0 Å². The van der Waals surface area contributed by atoms with Crippen LogP contribution in [0.25, 0.3) is 0 Å². The summed E-state index contributed by atoms with van der Waals surface area (Å²) in [4.78, 5) is 12.1. The Kier molecular flexibility index (Phi) is 4.10. The molecule has 0 radical (unpaired) electrons. The average Bonchev–Trinajstić information content (AvgIpc) is 2.32. The van der Waals surface area contributed by atoms with Crippen LogP contribution in [-0.2, 0) is 6.42 Å². The molecule has 0 N–H and O–H groups in total. The van der Waals surface area contributed by atoms with E-state index in [2.05, 4.69) is 15.9 Å². The van der Waals surface area contributed by atoms with Crippen molar-refractivity contribution in [3.63, 3.8) is 0 Å². The van der Waals surface area contributed by atoms with Crippen molar-refractivity contribution >= 4 is 21.7 Å². The smallest absolute Gasteiger partial charge is 0.168 e. The minimum atomic E-state index is -0.401. The van der Waals surface area contributed by atoms with Gasteiger partial charge in [-0.15, -0.1) is 0 Å². The molecule has 0 unspecified atom stereocenters. The Balaban J connectivity index is 2.25. The van der Waals surface area contributed by atoms with Gasteiger partial charge in [0.2, 0.25) is 0 Å². The molecule has 98 valence electrons. The molecule has 0 aromatic heterocycles. The van der Waals surface area contributed by atoms with Crippen LogP contribution in [0.2, 0.25) is 0 Å². The predicted octanol–water partition coefficient (Wildman–Crippen LogP) is 4.46. The van der Waals surface area contributed by atoms with E-state index in [1.54, 1.807) is 13.0 Å². The van der Waals surface area contributed by atoms with E-state index in [4.69, 9.17) is 0 Å². The molecule has 0 aliphatic heterocycles. The normalized spacial score (nSPS) is 10.5. The Labute approximate surface area is 118 Å². The summed E-state index contributed by atoms with van der Waals surface area (Å²) in [6.45, 7) is 1.76. The standard InChI is InChI=1S/C15H11BrF2O/c1-9-6-11(17)3-2-10(9)7-15(19)13-5-4-12(18)8-14(13)16/h2-6,8H,7H2,1H3. The molecule has 0 bridgehead atoms. The van der Waals surface area contributed by atoms with Gasteiger partial charge in [0.05, 0.1) is 0 Å². The first-order valence-corrected chi connectivity index (χ1v) is 6.50. The number of ketones is 1. The molecule has 19 heavy (non-hydrogen) atoms. The first kappa shape index (κ1) is 13.9. The highest BCUT2D eigenvalue weighted by molar-refractivity contribution is 9.10. The molecule has 1 nitrogen and oxygen atoms in total. The molecule has 0 saturated carbocycles. The Morgan fingerprint density at radius 3 is 2.37 bits per heavy atom. The average molecular weight is 325 g/mol. The lowest BCUT2D eigenvalue weighted by atomic mass is 9.99. The zero-order valence-electron chi connectivity index (χ0n) is 10.2. The molecule has 0 aliphatic carbocycles. The van der Waals surface area contributed by atoms with Crippen LogP contribution in [-0.4, -0.2) is 5.78 Å². The van der Waals surface area contributed by atoms with Gasteiger partial charge in [-0.1, -0.05) is 6.07 Å². The van der Waals surface area contributed by atoms with Gasteiger partial charge in [0.25, 0.3) is 0 Å². The summed E-state index contributed by atoms with van der Waals surface area (Å²) in [6.07, 6.45) is 0.163. The summed E-state index contributed by atoms with van der Waals surface area (Å²) in [5.74, 6) is -0.861. The molecule has 0 aliphatic rings. The maximum Gasteiger partial charge on any atom is 0.168 e. The van der Waals surface area contributed by atoms with Gasteiger partial charge < -0.3 is 0 Å². The van der Waals surface area contributed by atoms with E-state index in [-0.39, 0.29) is 18.0 Å². The number of carbonyl (C=O) groups is 1. The maximum atomic E-state index is 13.0. The number of rotatable bonds is 3. The third-order valence-electron chi connectivity index (χ3n) is 2.89. The molecular formula is C15H11BrF2O. The highest BCUT2D eigenvalue weighted by Gasteiger charge is 2.13. The third kappa shape index (κ3) is 3.26. The Morgan fingerprint density at radius 2 is 1.74 bits per heavy atom. The molecule has 0 amide bonds. The van der Waals surface area contributed by atoms with E-state index < -0.39 is 5.82 Å². The number of aryl methyl sites for hydroxylation is 1. The zero-order valence-corrected chi connectivity index (χ0v) is 11.8. The van der Waals surface area contributed by atoms with Crippen molar-refractivity contribution in [3.8, 4) is 0 Å². The van der Waals surface area contributed by atoms with Gasteiger partial charge in [-0.3, -0.25) is 4.79 Å². The van der Waals surface area contributed by atoms with Gasteiger partial charge in [-0.25, -0.2) is 8.78 Å². The molecule has 2 rings (SSSR count). The van der Waals surface area contributed by atoms with Crippen molar-refractivity contribution in [1.29, 1.82) is 0 Å². The fraction of sp³-hybridized carbons (Fsp3) is 0.133. The van der Waals surface area contributed by atoms with Crippen LogP contribution in [0.5, 0.6) is 0 Å². The minimum absolute atomic E-state index is 0.137. The number of hydrogen-bond donors (Lipinski definition) is 0. The first-order chi connectivity index (χ1) is 8.97. The topological polar surface area (TPSA) is 17.1 Å². The number of benzene rings is 2. The van der Waals surface area contributed by atoms with Crippen LogP contribution in [0, 0.1) is 18.6 Å². The van der Waals surface area contributed by atoms with E-state index in [9.17, 15) is 13.6 Å². The van der Waals surface area contributed by atoms with Crippen molar-refractivity contribution in [2.24, 2.45) is 0 Å². The van der Waals surface area contributed by atoms with E-state index in [0.29, 0.717) is 10.0 Å². The van der Waals surface area contributed by atoms with Crippen molar-refractivity contribution < 1.29 is 13.6 Å². The quantitative estimate of drug-likeness (QED) is 0.762. The summed E-state index contributed by atoms with van der Waals surface area (Å²) in [6, 6.07) is 8.26. The van der Waals surface area contributed by atoms with Crippen LogP contribution in [0.3, 0.4) is 0 Å². The molecular weight excluding hydrogens is 314 g/mol. The molecule has 0 fully saturated rings.